The Morgan fingerprint density at radius 3 is 2.21 bits per heavy atom. The van der Waals surface area contributed by atoms with Gasteiger partial charge < -0.3 is 27.6 Å². The molecule has 0 aliphatic heterocycles. The van der Waals surface area contributed by atoms with E-state index < -0.39 is 12.0 Å². The van der Waals surface area contributed by atoms with Gasteiger partial charge in [-0.15, -0.1) is 0 Å². The standard InChI is InChI=1S/C13H30N4O2/c14-9-5-4-7-11(13(18)19)17-10-6-2-1-3-8-12(15)16/h11-12,17H,1-10,14-16H2,(H,18,19)/t11-/m0/s1. The van der Waals surface area contributed by atoms with Gasteiger partial charge in [0.25, 0.3) is 0 Å². The maximum atomic E-state index is 11.0. The number of carboxylic acid groups (broad SMARTS) is 1. The lowest BCUT2D eigenvalue weighted by Crippen LogP contribution is -2.37. The van der Waals surface area contributed by atoms with E-state index in [0.29, 0.717) is 13.0 Å². The molecule has 114 valence electrons. The largest absolute Gasteiger partial charge is 0.480 e. The van der Waals surface area contributed by atoms with E-state index in [0.717, 1.165) is 51.5 Å². The Kier molecular flexibility index (Phi) is 11.9. The van der Waals surface area contributed by atoms with Gasteiger partial charge in [-0.3, -0.25) is 4.79 Å². The lowest BCUT2D eigenvalue weighted by molar-refractivity contribution is -0.139. The van der Waals surface area contributed by atoms with E-state index in [1.165, 1.54) is 0 Å². The molecule has 0 aliphatic carbocycles. The van der Waals surface area contributed by atoms with Crippen LogP contribution in [0.2, 0.25) is 0 Å². The first kappa shape index (κ1) is 18.3. The molecule has 6 heteroatoms. The van der Waals surface area contributed by atoms with E-state index in [1.54, 1.807) is 0 Å². The summed E-state index contributed by atoms with van der Waals surface area (Å²) in [7, 11) is 0. The molecule has 0 saturated heterocycles. The molecule has 0 aliphatic rings. The van der Waals surface area contributed by atoms with Crippen LogP contribution in [0.4, 0.5) is 0 Å². The van der Waals surface area contributed by atoms with Crippen LogP contribution in [-0.4, -0.2) is 36.4 Å². The van der Waals surface area contributed by atoms with E-state index in [1.807, 2.05) is 0 Å². The third-order valence-electron chi connectivity index (χ3n) is 3.10. The molecule has 1 atom stereocenters. The van der Waals surface area contributed by atoms with Crippen molar-refractivity contribution in [3.05, 3.63) is 0 Å². The van der Waals surface area contributed by atoms with Crippen molar-refractivity contribution in [3.8, 4) is 0 Å². The normalized spacial score (nSPS) is 12.8. The first-order chi connectivity index (χ1) is 9.07. The Bertz CT molecular complexity index is 225. The van der Waals surface area contributed by atoms with Crippen LogP contribution in [0.15, 0.2) is 0 Å². The number of rotatable bonds is 13. The van der Waals surface area contributed by atoms with Gasteiger partial charge in [-0.05, 0) is 38.8 Å². The van der Waals surface area contributed by atoms with Gasteiger partial charge in [0.1, 0.15) is 6.04 Å². The van der Waals surface area contributed by atoms with Crippen LogP contribution in [0.3, 0.4) is 0 Å². The van der Waals surface area contributed by atoms with Crippen LogP contribution in [0.1, 0.15) is 51.4 Å². The molecule has 0 aromatic rings. The second kappa shape index (κ2) is 12.3. The lowest BCUT2D eigenvalue weighted by Gasteiger charge is -2.14. The smallest absolute Gasteiger partial charge is 0.320 e. The molecular weight excluding hydrogens is 244 g/mol. The minimum absolute atomic E-state index is 0.211. The van der Waals surface area contributed by atoms with Crippen LogP contribution in [0.5, 0.6) is 0 Å². The fourth-order valence-electron chi connectivity index (χ4n) is 1.94. The van der Waals surface area contributed by atoms with Crippen molar-refractivity contribution in [2.45, 2.75) is 63.6 Å². The highest BCUT2D eigenvalue weighted by Gasteiger charge is 2.15. The van der Waals surface area contributed by atoms with Crippen LogP contribution >= 0.6 is 0 Å². The molecule has 0 fully saturated rings. The Hall–Kier alpha value is -0.690. The van der Waals surface area contributed by atoms with E-state index in [2.05, 4.69) is 5.32 Å². The first-order valence-electron chi connectivity index (χ1n) is 7.25. The second-order valence-corrected chi connectivity index (χ2v) is 5.00. The molecule has 0 heterocycles. The SMILES string of the molecule is NCCCC[C@H](NCCCCCCC(N)N)C(=O)O. The molecule has 6 nitrogen and oxygen atoms in total. The quantitative estimate of drug-likeness (QED) is 0.244. The van der Waals surface area contributed by atoms with Crippen molar-refractivity contribution in [2.75, 3.05) is 13.1 Å². The Morgan fingerprint density at radius 1 is 1.00 bits per heavy atom. The summed E-state index contributed by atoms with van der Waals surface area (Å²) >= 11 is 0. The van der Waals surface area contributed by atoms with Crippen molar-refractivity contribution in [1.29, 1.82) is 0 Å². The molecule has 0 spiro atoms. The van der Waals surface area contributed by atoms with Crippen LogP contribution in [0, 0.1) is 0 Å². The third-order valence-corrected chi connectivity index (χ3v) is 3.10. The van der Waals surface area contributed by atoms with Gasteiger partial charge in [0, 0.05) is 0 Å². The van der Waals surface area contributed by atoms with E-state index >= 15 is 0 Å². The van der Waals surface area contributed by atoms with Gasteiger partial charge in [0.05, 0.1) is 6.17 Å². The van der Waals surface area contributed by atoms with Crippen molar-refractivity contribution < 1.29 is 9.90 Å². The Morgan fingerprint density at radius 2 is 1.63 bits per heavy atom. The number of hydrogen-bond acceptors (Lipinski definition) is 5. The van der Waals surface area contributed by atoms with E-state index in [9.17, 15) is 4.79 Å². The zero-order valence-corrected chi connectivity index (χ0v) is 11.8. The molecular formula is C13H30N4O2. The Balaban J connectivity index is 3.50. The highest BCUT2D eigenvalue weighted by molar-refractivity contribution is 5.73. The summed E-state index contributed by atoms with van der Waals surface area (Å²) in [6.07, 6.45) is 7.22. The summed E-state index contributed by atoms with van der Waals surface area (Å²) in [4.78, 5) is 11.0. The molecule has 0 radical (unpaired) electrons. The zero-order valence-electron chi connectivity index (χ0n) is 11.8. The predicted molar refractivity (Wildman–Crippen MR) is 77.6 cm³/mol. The number of aliphatic carboxylic acids is 1. The molecule has 0 aromatic carbocycles. The van der Waals surface area contributed by atoms with Crippen LogP contribution in [0.25, 0.3) is 0 Å². The molecule has 0 rings (SSSR count). The third kappa shape index (κ3) is 12.1. The van der Waals surface area contributed by atoms with Gasteiger partial charge in [-0.1, -0.05) is 25.7 Å². The summed E-state index contributed by atoms with van der Waals surface area (Å²) in [6.45, 7) is 1.36. The zero-order chi connectivity index (χ0) is 14.5. The molecule has 8 N–H and O–H groups in total. The topological polar surface area (TPSA) is 127 Å². The van der Waals surface area contributed by atoms with Gasteiger partial charge >= 0.3 is 5.97 Å². The van der Waals surface area contributed by atoms with Crippen molar-refractivity contribution >= 4 is 5.97 Å². The molecule has 0 bridgehead atoms. The summed E-state index contributed by atoms with van der Waals surface area (Å²) in [6, 6.07) is -0.441. The predicted octanol–water partition coefficient (Wildman–Crippen LogP) is 0.352. The number of unbranched alkanes of at least 4 members (excludes halogenated alkanes) is 4. The van der Waals surface area contributed by atoms with Crippen molar-refractivity contribution in [1.82, 2.24) is 5.32 Å². The molecule has 0 saturated carbocycles. The average Bonchev–Trinajstić information content (AvgIpc) is 2.34. The molecule has 19 heavy (non-hydrogen) atoms. The summed E-state index contributed by atoms with van der Waals surface area (Å²) < 4.78 is 0. The second-order valence-electron chi connectivity index (χ2n) is 5.00. The summed E-state index contributed by atoms with van der Waals surface area (Å²) in [5.74, 6) is -0.772. The number of carbonyl (C=O) groups is 1. The fourth-order valence-corrected chi connectivity index (χ4v) is 1.94. The van der Waals surface area contributed by atoms with Crippen LogP contribution in [-0.2, 0) is 4.79 Å². The number of hydrogen-bond donors (Lipinski definition) is 5. The monoisotopic (exact) mass is 274 g/mol. The molecule has 0 unspecified atom stereocenters. The minimum Gasteiger partial charge on any atom is -0.480 e. The van der Waals surface area contributed by atoms with Gasteiger partial charge in [0.15, 0.2) is 0 Å². The maximum absolute atomic E-state index is 11.0. The number of nitrogens with two attached hydrogens (primary N) is 3. The highest BCUT2D eigenvalue weighted by atomic mass is 16.4. The highest BCUT2D eigenvalue weighted by Crippen LogP contribution is 2.04. The molecule has 0 amide bonds. The first-order valence-corrected chi connectivity index (χ1v) is 7.25. The Labute approximate surface area is 116 Å². The summed E-state index contributed by atoms with van der Waals surface area (Å²) in [5.41, 5.74) is 16.3. The van der Waals surface area contributed by atoms with Gasteiger partial charge in [-0.25, -0.2) is 0 Å². The fraction of sp³-hybridized carbons (Fsp3) is 0.923. The van der Waals surface area contributed by atoms with Gasteiger partial charge in [0.2, 0.25) is 0 Å². The lowest BCUT2D eigenvalue weighted by atomic mass is 10.1. The van der Waals surface area contributed by atoms with Crippen molar-refractivity contribution in [3.63, 3.8) is 0 Å². The van der Waals surface area contributed by atoms with Crippen LogP contribution < -0.4 is 22.5 Å². The van der Waals surface area contributed by atoms with E-state index in [-0.39, 0.29) is 6.17 Å². The number of nitrogens with one attached hydrogen (secondary N) is 1. The molecule has 0 aromatic heterocycles. The van der Waals surface area contributed by atoms with Gasteiger partial charge in [-0.2, -0.15) is 0 Å². The number of carboxylic acids is 1. The van der Waals surface area contributed by atoms with Crippen molar-refractivity contribution in [2.24, 2.45) is 17.2 Å². The maximum Gasteiger partial charge on any atom is 0.320 e. The van der Waals surface area contributed by atoms with E-state index in [4.69, 9.17) is 22.3 Å². The average molecular weight is 274 g/mol. The minimum atomic E-state index is -0.772. The summed E-state index contributed by atoms with van der Waals surface area (Å²) in [5, 5.41) is 12.1.